The van der Waals surface area contributed by atoms with Crippen LogP contribution in [0.1, 0.15) is 39.5 Å². The molecule has 0 saturated carbocycles. The molecule has 0 aromatic carbocycles. The number of nitrogens with zero attached hydrogens (tertiary/aromatic N) is 1. The molecular formula is C10H21NO. The largest absolute Gasteiger partial charge is 0.392 e. The molecule has 1 aliphatic rings. The van der Waals surface area contributed by atoms with Crippen LogP contribution < -0.4 is 0 Å². The van der Waals surface area contributed by atoms with Gasteiger partial charge in [0, 0.05) is 12.6 Å². The molecule has 2 atom stereocenters. The molecule has 0 bridgehead atoms. The van der Waals surface area contributed by atoms with Crippen molar-refractivity contribution in [2.24, 2.45) is 0 Å². The van der Waals surface area contributed by atoms with Gasteiger partial charge >= 0.3 is 0 Å². The van der Waals surface area contributed by atoms with Crippen LogP contribution in [0.2, 0.25) is 0 Å². The highest BCUT2D eigenvalue weighted by Crippen LogP contribution is 2.20. The van der Waals surface area contributed by atoms with Crippen molar-refractivity contribution < 1.29 is 5.11 Å². The van der Waals surface area contributed by atoms with Crippen molar-refractivity contribution in [3.05, 3.63) is 0 Å². The van der Waals surface area contributed by atoms with E-state index in [1.165, 1.54) is 25.8 Å². The van der Waals surface area contributed by atoms with Gasteiger partial charge in [0.2, 0.25) is 0 Å². The molecule has 12 heavy (non-hydrogen) atoms. The van der Waals surface area contributed by atoms with Crippen molar-refractivity contribution in [2.75, 3.05) is 13.1 Å². The summed E-state index contributed by atoms with van der Waals surface area (Å²) in [7, 11) is 0. The minimum atomic E-state index is -0.0631. The number of likely N-dealkylation sites (tertiary alicyclic amines) is 1. The number of unbranched alkanes of at least 4 members (excludes halogenated alkanes) is 1. The maximum Gasteiger partial charge on any atom is 0.0682 e. The Balaban J connectivity index is 2.30. The summed E-state index contributed by atoms with van der Waals surface area (Å²) in [6.45, 7) is 6.50. The van der Waals surface area contributed by atoms with Crippen LogP contribution in [0.5, 0.6) is 0 Å². The van der Waals surface area contributed by atoms with Crippen LogP contribution in [0.3, 0.4) is 0 Å². The van der Waals surface area contributed by atoms with Crippen molar-refractivity contribution >= 4 is 0 Å². The summed E-state index contributed by atoms with van der Waals surface area (Å²) >= 11 is 0. The van der Waals surface area contributed by atoms with E-state index in [0.717, 1.165) is 13.0 Å². The SMILES string of the molecule is CCCCN1C[C@@H](O)C[C@H]1CC. The zero-order valence-electron chi connectivity index (χ0n) is 8.29. The lowest BCUT2D eigenvalue weighted by Crippen LogP contribution is -2.30. The van der Waals surface area contributed by atoms with Crippen molar-refractivity contribution in [2.45, 2.75) is 51.7 Å². The number of β-amino-alcohol motifs (C(OH)–C–C–N with tert-alkyl or cyclic N) is 1. The lowest BCUT2D eigenvalue weighted by molar-refractivity contribution is 0.174. The predicted octanol–water partition coefficient (Wildman–Crippen LogP) is 1.63. The lowest BCUT2D eigenvalue weighted by atomic mass is 10.1. The third-order valence-electron chi connectivity index (χ3n) is 2.78. The van der Waals surface area contributed by atoms with Crippen molar-refractivity contribution in [1.29, 1.82) is 0 Å². The fourth-order valence-corrected chi connectivity index (χ4v) is 2.02. The Morgan fingerprint density at radius 3 is 2.75 bits per heavy atom. The molecular weight excluding hydrogens is 150 g/mol. The topological polar surface area (TPSA) is 23.5 Å². The van der Waals surface area contributed by atoms with Gasteiger partial charge in [-0.05, 0) is 25.8 Å². The van der Waals surface area contributed by atoms with E-state index in [-0.39, 0.29) is 6.10 Å². The Morgan fingerprint density at radius 1 is 1.42 bits per heavy atom. The third-order valence-corrected chi connectivity index (χ3v) is 2.78. The van der Waals surface area contributed by atoms with Gasteiger partial charge in [0.15, 0.2) is 0 Å². The first kappa shape index (κ1) is 10.0. The summed E-state index contributed by atoms with van der Waals surface area (Å²) in [5.41, 5.74) is 0. The molecule has 1 N–H and O–H groups in total. The Kier molecular flexibility index (Phi) is 4.02. The minimum Gasteiger partial charge on any atom is -0.392 e. The zero-order valence-corrected chi connectivity index (χ0v) is 8.29. The van der Waals surface area contributed by atoms with Crippen LogP contribution in [0.4, 0.5) is 0 Å². The van der Waals surface area contributed by atoms with E-state index < -0.39 is 0 Å². The third kappa shape index (κ3) is 2.46. The van der Waals surface area contributed by atoms with Gasteiger partial charge < -0.3 is 5.11 Å². The van der Waals surface area contributed by atoms with Crippen molar-refractivity contribution in [3.63, 3.8) is 0 Å². The average Bonchev–Trinajstić information content (AvgIpc) is 2.42. The van der Waals surface area contributed by atoms with Crippen molar-refractivity contribution in [3.8, 4) is 0 Å². The summed E-state index contributed by atoms with van der Waals surface area (Å²) in [5.74, 6) is 0. The highest BCUT2D eigenvalue weighted by Gasteiger charge is 2.28. The Labute approximate surface area is 75.6 Å². The molecule has 1 heterocycles. The Morgan fingerprint density at radius 2 is 2.17 bits per heavy atom. The summed E-state index contributed by atoms with van der Waals surface area (Å²) in [5, 5.41) is 9.46. The first-order valence-corrected chi connectivity index (χ1v) is 5.20. The van der Waals surface area contributed by atoms with Gasteiger partial charge in [-0.25, -0.2) is 0 Å². The maximum absolute atomic E-state index is 9.46. The Bertz CT molecular complexity index is 127. The molecule has 0 amide bonds. The molecule has 1 aliphatic heterocycles. The molecule has 2 heteroatoms. The number of aliphatic hydroxyl groups is 1. The summed E-state index contributed by atoms with van der Waals surface area (Å²) < 4.78 is 0. The molecule has 72 valence electrons. The second kappa shape index (κ2) is 4.83. The molecule has 0 aliphatic carbocycles. The van der Waals surface area contributed by atoms with Crippen LogP contribution in [0, 0.1) is 0 Å². The number of hydrogen-bond acceptors (Lipinski definition) is 2. The standard InChI is InChI=1S/C10H21NO/c1-3-5-6-11-8-10(12)7-9(11)4-2/h9-10,12H,3-8H2,1-2H3/t9-,10+/m1/s1. The van der Waals surface area contributed by atoms with Crippen LogP contribution in [0.25, 0.3) is 0 Å². The summed E-state index contributed by atoms with van der Waals surface area (Å²) in [4.78, 5) is 2.44. The average molecular weight is 171 g/mol. The second-order valence-electron chi connectivity index (χ2n) is 3.80. The molecule has 2 nitrogen and oxygen atoms in total. The van der Waals surface area contributed by atoms with E-state index in [4.69, 9.17) is 0 Å². The van der Waals surface area contributed by atoms with E-state index in [0.29, 0.717) is 6.04 Å². The van der Waals surface area contributed by atoms with Gasteiger partial charge in [-0.1, -0.05) is 20.3 Å². The molecule has 0 spiro atoms. The molecule has 1 fully saturated rings. The number of hydrogen-bond donors (Lipinski definition) is 1. The van der Waals surface area contributed by atoms with Gasteiger partial charge in [-0.15, -0.1) is 0 Å². The van der Waals surface area contributed by atoms with E-state index in [2.05, 4.69) is 18.7 Å². The minimum absolute atomic E-state index is 0.0631. The first-order chi connectivity index (χ1) is 5.77. The fourth-order valence-electron chi connectivity index (χ4n) is 2.02. The summed E-state index contributed by atoms with van der Waals surface area (Å²) in [6.07, 6.45) is 4.62. The van der Waals surface area contributed by atoms with E-state index in [9.17, 15) is 5.11 Å². The fraction of sp³-hybridized carbons (Fsp3) is 1.00. The highest BCUT2D eigenvalue weighted by molar-refractivity contribution is 4.83. The smallest absolute Gasteiger partial charge is 0.0682 e. The Hall–Kier alpha value is -0.0800. The number of rotatable bonds is 4. The quantitative estimate of drug-likeness (QED) is 0.695. The number of aliphatic hydroxyl groups excluding tert-OH is 1. The van der Waals surface area contributed by atoms with E-state index in [1.54, 1.807) is 0 Å². The molecule has 0 radical (unpaired) electrons. The normalized spacial score (nSPS) is 31.2. The molecule has 0 aromatic heterocycles. The zero-order chi connectivity index (χ0) is 8.97. The second-order valence-corrected chi connectivity index (χ2v) is 3.80. The molecule has 0 aromatic rings. The van der Waals surface area contributed by atoms with Gasteiger partial charge in [-0.3, -0.25) is 4.90 Å². The predicted molar refractivity (Wildman–Crippen MR) is 51.2 cm³/mol. The van der Waals surface area contributed by atoms with Gasteiger partial charge in [0.1, 0.15) is 0 Å². The van der Waals surface area contributed by atoms with E-state index in [1.807, 2.05) is 0 Å². The van der Waals surface area contributed by atoms with Gasteiger partial charge in [0.05, 0.1) is 6.10 Å². The van der Waals surface area contributed by atoms with Gasteiger partial charge in [-0.2, -0.15) is 0 Å². The van der Waals surface area contributed by atoms with Crippen LogP contribution in [-0.4, -0.2) is 35.2 Å². The van der Waals surface area contributed by atoms with Crippen molar-refractivity contribution in [1.82, 2.24) is 4.90 Å². The monoisotopic (exact) mass is 171 g/mol. The lowest BCUT2D eigenvalue weighted by Gasteiger charge is -2.22. The molecule has 1 saturated heterocycles. The first-order valence-electron chi connectivity index (χ1n) is 5.20. The van der Waals surface area contributed by atoms with Gasteiger partial charge in [0.25, 0.3) is 0 Å². The van der Waals surface area contributed by atoms with Crippen LogP contribution >= 0.6 is 0 Å². The van der Waals surface area contributed by atoms with Crippen LogP contribution in [-0.2, 0) is 0 Å². The summed E-state index contributed by atoms with van der Waals surface area (Å²) in [6, 6.07) is 0.645. The highest BCUT2D eigenvalue weighted by atomic mass is 16.3. The molecule has 0 unspecified atom stereocenters. The maximum atomic E-state index is 9.46. The molecule has 1 rings (SSSR count). The van der Waals surface area contributed by atoms with E-state index >= 15 is 0 Å². The van der Waals surface area contributed by atoms with Crippen LogP contribution in [0.15, 0.2) is 0 Å².